The third kappa shape index (κ3) is 4.70. The average Bonchev–Trinajstić information content (AvgIpc) is 2.04. The topological polar surface area (TPSA) is 12.4 Å². The summed E-state index contributed by atoms with van der Waals surface area (Å²) in [5, 5.41) is 0. The predicted octanol–water partition coefficient (Wildman–Crippen LogP) is 4.00. The van der Waals surface area contributed by atoms with Crippen LogP contribution in [0.2, 0.25) is 0 Å². The molecule has 0 rings (SSSR count). The lowest BCUT2D eigenvalue weighted by atomic mass is 9.91. The van der Waals surface area contributed by atoms with Gasteiger partial charge in [-0.3, -0.25) is 4.99 Å². The van der Waals surface area contributed by atoms with Gasteiger partial charge in [0.1, 0.15) is 0 Å². The zero-order valence-electron chi connectivity index (χ0n) is 8.18. The van der Waals surface area contributed by atoms with E-state index in [1.807, 2.05) is 6.21 Å². The first kappa shape index (κ1) is 11.9. The van der Waals surface area contributed by atoms with Crippen LogP contribution in [0.1, 0.15) is 33.6 Å². The van der Waals surface area contributed by atoms with Crippen molar-refractivity contribution in [2.24, 2.45) is 16.8 Å². The highest BCUT2D eigenvalue weighted by molar-refractivity contribution is 9.11. The largest absolute Gasteiger partial charge is 0.254 e. The molecule has 0 aromatic heterocycles. The summed E-state index contributed by atoms with van der Waals surface area (Å²) in [5.74, 6) is 1.30. The Hall–Kier alpha value is -0.110. The normalized spacial score (nSPS) is 16.3. The molecule has 70 valence electrons. The van der Waals surface area contributed by atoms with Crippen molar-refractivity contribution in [1.29, 1.82) is 0 Å². The van der Waals surface area contributed by atoms with E-state index in [4.69, 9.17) is 0 Å². The lowest BCUT2D eigenvalue weighted by Gasteiger charge is -2.16. The Bertz CT molecular complexity index is 163. The molecule has 0 saturated heterocycles. The molecule has 0 radical (unpaired) electrons. The van der Waals surface area contributed by atoms with Crippen LogP contribution in [-0.4, -0.2) is 6.21 Å². The minimum atomic E-state index is 0.587. The van der Waals surface area contributed by atoms with Crippen molar-refractivity contribution in [1.82, 2.24) is 0 Å². The molecule has 0 amide bonds. The number of rotatable bonds is 5. The van der Waals surface area contributed by atoms with Crippen molar-refractivity contribution >= 4 is 22.1 Å². The van der Waals surface area contributed by atoms with Gasteiger partial charge in [-0.05, 0) is 34.2 Å². The van der Waals surface area contributed by atoms with E-state index in [2.05, 4.69) is 48.3 Å². The SMILES string of the molecule is C=C(Br)/N=C\[C@@H](CC)C(C)CC. The second-order valence-corrected chi connectivity index (χ2v) is 4.03. The monoisotopic (exact) mass is 231 g/mol. The molecule has 0 aliphatic heterocycles. The summed E-state index contributed by atoms with van der Waals surface area (Å²) in [6.07, 6.45) is 4.36. The second-order valence-electron chi connectivity index (χ2n) is 3.11. The van der Waals surface area contributed by atoms with Crippen LogP contribution in [0.15, 0.2) is 16.2 Å². The van der Waals surface area contributed by atoms with E-state index in [1.54, 1.807) is 0 Å². The molecule has 0 aromatic rings. The summed E-state index contributed by atoms with van der Waals surface area (Å²) in [7, 11) is 0. The molecule has 12 heavy (non-hydrogen) atoms. The molecule has 2 heteroatoms. The number of nitrogens with zero attached hydrogens (tertiary/aromatic N) is 1. The summed E-state index contributed by atoms with van der Waals surface area (Å²) in [6, 6.07) is 0. The maximum Gasteiger partial charge on any atom is 0.0980 e. The van der Waals surface area contributed by atoms with E-state index in [9.17, 15) is 0 Å². The first-order valence-corrected chi connectivity index (χ1v) is 5.29. The van der Waals surface area contributed by atoms with Gasteiger partial charge < -0.3 is 0 Å². The maximum absolute atomic E-state index is 4.16. The van der Waals surface area contributed by atoms with Gasteiger partial charge in [0.2, 0.25) is 0 Å². The quantitative estimate of drug-likeness (QED) is 0.502. The Morgan fingerprint density at radius 1 is 1.50 bits per heavy atom. The van der Waals surface area contributed by atoms with Gasteiger partial charge in [0.15, 0.2) is 0 Å². The van der Waals surface area contributed by atoms with Crippen molar-refractivity contribution in [2.75, 3.05) is 0 Å². The summed E-state index contributed by atoms with van der Waals surface area (Å²) in [6.45, 7) is 10.3. The fourth-order valence-corrected chi connectivity index (χ4v) is 1.25. The summed E-state index contributed by atoms with van der Waals surface area (Å²) in [5.41, 5.74) is 0. The zero-order chi connectivity index (χ0) is 9.56. The first-order valence-electron chi connectivity index (χ1n) is 4.50. The molecule has 0 bridgehead atoms. The van der Waals surface area contributed by atoms with Gasteiger partial charge in [-0.25, -0.2) is 0 Å². The van der Waals surface area contributed by atoms with Gasteiger partial charge >= 0.3 is 0 Å². The molecule has 0 heterocycles. The highest BCUT2D eigenvalue weighted by atomic mass is 79.9. The Balaban J connectivity index is 4.07. The fourth-order valence-electron chi connectivity index (χ4n) is 1.13. The first-order chi connectivity index (χ1) is 5.61. The van der Waals surface area contributed by atoms with Gasteiger partial charge in [0.05, 0.1) is 4.61 Å². The molecule has 1 unspecified atom stereocenters. The molecule has 0 saturated carbocycles. The van der Waals surface area contributed by atoms with Crippen LogP contribution in [0.3, 0.4) is 0 Å². The minimum absolute atomic E-state index is 0.587. The van der Waals surface area contributed by atoms with E-state index in [0.717, 1.165) is 6.42 Å². The molecule has 0 aromatic carbocycles. The molecule has 1 nitrogen and oxygen atoms in total. The summed E-state index contributed by atoms with van der Waals surface area (Å²) in [4.78, 5) is 4.16. The van der Waals surface area contributed by atoms with Crippen LogP contribution >= 0.6 is 15.9 Å². The van der Waals surface area contributed by atoms with Crippen molar-refractivity contribution < 1.29 is 0 Å². The molecule has 0 N–H and O–H groups in total. The predicted molar refractivity (Wildman–Crippen MR) is 59.8 cm³/mol. The number of hydrogen-bond acceptors (Lipinski definition) is 1. The molecular weight excluding hydrogens is 214 g/mol. The van der Waals surface area contributed by atoms with Crippen LogP contribution < -0.4 is 0 Å². The van der Waals surface area contributed by atoms with Crippen LogP contribution in [-0.2, 0) is 0 Å². The van der Waals surface area contributed by atoms with Gasteiger partial charge in [-0.15, -0.1) is 0 Å². The highest BCUT2D eigenvalue weighted by Crippen LogP contribution is 2.17. The molecule has 2 atom stereocenters. The molecular formula is C10H18BrN. The maximum atomic E-state index is 4.16. The van der Waals surface area contributed by atoms with Gasteiger partial charge in [-0.2, -0.15) is 0 Å². The van der Waals surface area contributed by atoms with Gasteiger partial charge in [0.25, 0.3) is 0 Å². The zero-order valence-corrected chi connectivity index (χ0v) is 9.76. The molecule has 0 spiro atoms. The second kappa shape index (κ2) is 6.41. The van der Waals surface area contributed by atoms with Crippen molar-refractivity contribution in [3.8, 4) is 0 Å². The van der Waals surface area contributed by atoms with Crippen molar-refractivity contribution in [3.05, 3.63) is 11.2 Å². The van der Waals surface area contributed by atoms with Crippen LogP contribution in [0.5, 0.6) is 0 Å². The van der Waals surface area contributed by atoms with E-state index < -0.39 is 0 Å². The third-order valence-electron chi connectivity index (χ3n) is 2.25. The number of aliphatic imine (C=N–C) groups is 1. The number of halogens is 1. The van der Waals surface area contributed by atoms with Gasteiger partial charge in [-0.1, -0.05) is 33.8 Å². The minimum Gasteiger partial charge on any atom is -0.254 e. The number of hydrogen-bond donors (Lipinski definition) is 0. The Kier molecular flexibility index (Phi) is 6.35. The summed E-state index contributed by atoms with van der Waals surface area (Å²) >= 11 is 3.21. The standard InChI is InChI=1S/C10H18BrN/c1-5-8(3)10(6-2)7-12-9(4)11/h7-8,10H,4-6H2,1-3H3/b12-7-/t8?,10-/m1/s1. The third-order valence-corrected chi connectivity index (χ3v) is 2.46. The Morgan fingerprint density at radius 2 is 2.08 bits per heavy atom. The van der Waals surface area contributed by atoms with E-state index >= 15 is 0 Å². The molecule has 0 aliphatic rings. The van der Waals surface area contributed by atoms with Gasteiger partial charge in [0, 0.05) is 6.21 Å². The Labute approximate surface area is 84.1 Å². The van der Waals surface area contributed by atoms with Crippen molar-refractivity contribution in [2.45, 2.75) is 33.6 Å². The Morgan fingerprint density at radius 3 is 2.42 bits per heavy atom. The van der Waals surface area contributed by atoms with Crippen LogP contribution in [0.4, 0.5) is 0 Å². The highest BCUT2D eigenvalue weighted by Gasteiger charge is 2.10. The van der Waals surface area contributed by atoms with Crippen LogP contribution in [0, 0.1) is 11.8 Å². The average molecular weight is 232 g/mol. The van der Waals surface area contributed by atoms with Crippen LogP contribution in [0.25, 0.3) is 0 Å². The lowest BCUT2D eigenvalue weighted by molar-refractivity contribution is 0.436. The molecule has 0 fully saturated rings. The smallest absolute Gasteiger partial charge is 0.0980 e. The van der Waals surface area contributed by atoms with E-state index in [-0.39, 0.29) is 0 Å². The molecule has 0 aliphatic carbocycles. The fraction of sp³-hybridized carbons (Fsp3) is 0.700. The summed E-state index contributed by atoms with van der Waals surface area (Å²) < 4.78 is 0.712. The van der Waals surface area contributed by atoms with E-state index in [0.29, 0.717) is 16.4 Å². The van der Waals surface area contributed by atoms with Crippen molar-refractivity contribution in [3.63, 3.8) is 0 Å². The lowest BCUT2D eigenvalue weighted by Crippen LogP contribution is -2.11. The van der Waals surface area contributed by atoms with E-state index in [1.165, 1.54) is 6.42 Å².